The Morgan fingerprint density at radius 3 is 2.47 bits per heavy atom. The summed E-state index contributed by atoms with van der Waals surface area (Å²) in [5.41, 5.74) is 8.75. The molecule has 0 aliphatic heterocycles. The highest BCUT2D eigenvalue weighted by Crippen LogP contribution is 2.28. The molecule has 0 fully saturated rings. The minimum atomic E-state index is 0.0579. The van der Waals surface area contributed by atoms with Crippen molar-refractivity contribution < 1.29 is 0 Å². The van der Waals surface area contributed by atoms with Crippen LogP contribution >= 0.6 is 11.6 Å². The zero-order chi connectivity index (χ0) is 10.7. The Labute approximate surface area is 95.9 Å². The molecule has 2 N–H and O–H groups in total. The van der Waals surface area contributed by atoms with Crippen molar-refractivity contribution in [1.29, 1.82) is 0 Å². The summed E-state index contributed by atoms with van der Waals surface area (Å²) in [5.74, 6) is 0. The van der Waals surface area contributed by atoms with E-state index in [1.54, 1.807) is 0 Å². The second-order valence-corrected chi connectivity index (χ2v) is 4.49. The van der Waals surface area contributed by atoms with Gasteiger partial charge in [0, 0.05) is 5.02 Å². The summed E-state index contributed by atoms with van der Waals surface area (Å²) in [7, 11) is 0. The van der Waals surface area contributed by atoms with Gasteiger partial charge in [-0.25, -0.2) is 0 Å². The molecule has 1 aliphatic carbocycles. The van der Waals surface area contributed by atoms with Gasteiger partial charge in [0.1, 0.15) is 0 Å². The van der Waals surface area contributed by atoms with Crippen molar-refractivity contribution in [2.75, 3.05) is 0 Å². The zero-order valence-electron chi connectivity index (χ0n) is 8.75. The molecule has 15 heavy (non-hydrogen) atoms. The topological polar surface area (TPSA) is 26.0 Å². The van der Waals surface area contributed by atoms with Crippen molar-refractivity contribution in [1.82, 2.24) is 0 Å². The van der Waals surface area contributed by atoms with Gasteiger partial charge in [0.05, 0.1) is 6.04 Å². The van der Waals surface area contributed by atoms with Gasteiger partial charge >= 0.3 is 0 Å². The van der Waals surface area contributed by atoms with Crippen LogP contribution in [0.2, 0.25) is 5.02 Å². The minimum Gasteiger partial charge on any atom is -0.321 e. The molecule has 0 amide bonds. The molecule has 0 bridgehead atoms. The van der Waals surface area contributed by atoms with Gasteiger partial charge in [-0.05, 0) is 43.4 Å². The van der Waals surface area contributed by atoms with Crippen LogP contribution in [0.4, 0.5) is 0 Å². The van der Waals surface area contributed by atoms with Crippen LogP contribution in [0.25, 0.3) is 0 Å². The quantitative estimate of drug-likeness (QED) is 0.755. The Kier molecular flexibility index (Phi) is 3.45. The summed E-state index contributed by atoms with van der Waals surface area (Å²) in [6.07, 6.45) is 7.19. The van der Waals surface area contributed by atoms with Gasteiger partial charge in [-0.2, -0.15) is 0 Å². The summed E-state index contributed by atoms with van der Waals surface area (Å²) in [5, 5.41) is 0.767. The lowest BCUT2D eigenvalue weighted by Crippen LogP contribution is -2.14. The molecule has 1 nitrogen and oxygen atoms in total. The second-order valence-electron chi connectivity index (χ2n) is 4.05. The molecule has 0 saturated heterocycles. The fourth-order valence-electron chi connectivity index (χ4n) is 2.03. The van der Waals surface area contributed by atoms with Crippen molar-refractivity contribution in [3.63, 3.8) is 0 Å². The molecule has 0 aromatic heterocycles. The predicted octanol–water partition coefficient (Wildman–Crippen LogP) is 3.84. The standard InChI is InChI=1S/C13H16ClN/c14-12-8-6-11(7-9-12)13(15)10-4-2-1-3-5-10/h4,6-9,13H,1-3,5,15H2. The Morgan fingerprint density at radius 1 is 1.13 bits per heavy atom. The van der Waals surface area contributed by atoms with Crippen LogP contribution in [0, 0.1) is 0 Å². The Hall–Kier alpha value is -0.790. The van der Waals surface area contributed by atoms with E-state index >= 15 is 0 Å². The SMILES string of the molecule is NC(C1=CCCCC1)c1ccc(Cl)cc1. The lowest BCUT2D eigenvalue weighted by Gasteiger charge is -2.19. The van der Waals surface area contributed by atoms with Crippen molar-refractivity contribution >= 4 is 11.6 Å². The molecule has 0 radical (unpaired) electrons. The molecule has 0 heterocycles. The second kappa shape index (κ2) is 4.82. The van der Waals surface area contributed by atoms with E-state index in [1.807, 2.05) is 24.3 Å². The van der Waals surface area contributed by atoms with E-state index in [1.165, 1.54) is 24.8 Å². The summed E-state index contributed by atoms with van der Waals surface area (Å²) < 4.78 is 0. The lowest BCUT2D eigenvalue weighted by atomic mass is 9.90. The van der Waals surface area contributed by atoms with Crippen LogP contribution in [0.3, 0.4) is 0 Å². The average Bonchev–Trinajstić information content (AvgIpc) is 2.30. The highest BCUT2D eigenvalue weighted by molar-refractivity contribution is 6.30. The van der Waals surface area contributed by atoms with E-state index < -0.39 is 0 Å². The van der Waals surface area contributed by atoms with Crippen molar-refractivity contribution in [2.45, 2.75) is 31.7 Å². The summed E-state index contributed by atoms with van der Waals surface area (Å²) in [6, 6.07) is 7.90. The van der Waals surface area contributed by atoms with Gasteiger partial charge in [0.2, 0.25) is 0 Å². The largest absolute Gasteiger partial charge is 0.321 e. The number of halogens is 1. The Morgan fingerprint density at radius 2 is 1.87 bits per heavy atom. The highest BCUT2D eigenvalue weighted by Gasteiger charge is 2.13. The van der Waals surface area contributed by atoms with Gasteiger partial charge in [-0.3, -0.25) is 0 Å². The molecule has 1 aromatic rings. The average molecular weight is 222 g/mol. The van der Waals surface area contributed by atoms with Crippen LogP contribution in [-0.2, 0) is 0 Å². The molecule has 1 aliphatic rings. The van der Waals surface area contributed by atoms with E-state index in [9.17, 15) is 0 Å². The van der Waals surface area contributed by atoms with E-state index in [2.05, 4.69) is 6.08 Å². The maximum Gasteiger partial charge on any atom is 0.0510 e. The lowest BCUT2D eigenvalue weighted by molar-refractivity contribution is 0.648. The fraction of sp³-hybridized carbons (Fsp3) is 0.385. The molecule has 0 spiro atoms. The van der Waals surface area contributed by atoms with E-state index in [0.29, 0.717) is 0 Å². The number of hydrogen-bond acceptors (Lipinski definition) is 1. The van der Waals surface area contributed by atoms with Gasteiger partial charge in [0.15, 0.2) is 0 Å². The van der Waals surface area contributed by atoms with E-state index in [4.69, 9.17) is 17.3 Å². The highest BCUT2D eigenvalue weighted by atomic mass is 35.5. The number of nitrogens with two attached hydrogens (primary N) is 1. The van der Waals surface area contributed by atoms with Crippen LogP contribution in [0.5, 0.6) is 0 Å². The smallest absolute Gasteiger partial charge is 0.0510 e. The number of benzene rings is 1. The zero-order valence-corrected chi connectivity index (χ0v) is 9.50. The molecule has 0 saturated carbocycles. The molecule has 1 atom stereocenters. The first-order chi connectivity index (χ1) is 7.27. The number of allylic oxidation sites excluding steroid dienone is 1. The molecule has 1 unspecified atom stereocenters. The first-order valence-electron chi connectivity index (χ1n) is 5.47. The van der Waals surface area contributed by atoms with Gasteiger partial charge < -0.3 is 5.73 Å². The van der Waals surface area contributed by atoms with Gasteiger partial charge in [-0.15, -0.1) is 0 Å². The molecule has 2 rings (SSSR count). The van der Waals surface area contributed by atoms with Crippen LogP contribution in [-0.4, -0.2) is 0 Å². The Bertz CT molecular complexity index is 353. The van der Waals surface area contributed by atoms with Gasteiger partial charge in [-0.1, -0.05) is 35.4 Å². The normalized spacial score (nSPS) is 18.4. The van der Waals surface area contributed by atoms with Crippen LogP contribution < -0.4 is 5.73 Å². The molecule has 80 valence electrons. The fourth-order valence-corrected chi connectivity index (χ4v) is 2.16. The van der Waals surface area contributed by atoms with Gasteiger partial charge in [0.25, 0.3) is 0 Å². The first-order valence-corrected chi connectivity index (χ1v) is 5.85. The van der Waals surface area contributed by atoms with E-state index in [0.717, 1.165) is 17.0 Å². The summed E-state index contributed by atoms with van der Waals surface area (Å²) in [4.78, 5) is 0. The van der Waals surface area contributed by atoms with Crippen molar-refractivity contribution in [2.24, 2.45) is 5.73 Å². The predicted molar refractivity (Wildman–Crippen MR) is 64.9 cm³/mol. The third kappa shape index (κ3) is 2.61. The molecular weight excluding hydrogens is 206 g/mol. The maximum atomic E-state index is 6.21. The monoisotopic (exact) mass is 221 g/mol. The van der Waals surface area contributed by atoms with Crippen LogP contribution in [0.15, 0.2) is 35.9 Å². The van der Waals surface area contributed by atoms with E-state index in [-0.39, 0.29) is 6.04 Å². The first kappa shape index (κ1) is 10.7. The molecule has 2 heteroatoms. The van der Waals surface area contributed by atoms with Crippen LogP contribution in [0.1, 0.15) is 37.3 Å². The number of rotatable bonds is 2. The van der Waals surface area contributed by atoms with Crippen molar-refractivity contribution in [3.8, 4) is 0 Å². The summed E-state index contributed by atoms with van der Waals surface area (Å²) in [6.45, 7) is 0. The van der Waals surface area contributed by atoms with Crippen molar-refractivity contribution in [3.05, 3.63) is 46.5 Å². The third-order valence-electron chi connectivity index (χ3n) is 2.95. The maximum absolute atomic E-state index is 6.21. The Balaban J connectivity index is 2.16. The third-order valence-corrected chi connectivity index (χ3v) is 3.21. The summed E-state index contributed by atoms with van der Waals surface area (Å²) >= 11 is 5.85. The molecule has 1 aromatic carbocycles. The molecular formula is C13H16ClN. The number of hydrogen-bond donors (Lipinski definition) is 1. The minimum absolute atomic E-state index is 0.0579.